The van der Waals surface area contributed by atoms with Crippen molar-refractivity contribution in [2.75, 3.05) is 19.7 Å². The van der Waals surface area contributed by atoms with Crippen LogP contribution in [-0.4, -0.2) is 52.9 Å². The Morgan fingerprint density at radius 3 is 2.14 bits per heavy atom. The first-order valence-corrected chi connectivity index (χ1v) is 16.0. The summed E-state index contributed by atoms with van der Waals surface area (Å²) in [6.07, 6.45) is 1.48. The minimum atomic E-state index is -2.33. The second kappa shape index (κ2) is 15.1. The van der Waals surface area contributed by atoms with Gasteiger partial charge in [0.15, 0.2) is 29.6 Å². The SMILES string of the molecule is O=C(NCc1cccc(-c2ccc([C@@H]3O[C@H](CN4CCC[C@H]4CO)C[C@H](c4ccc(CO)cc4)O3)cc2)c1)c1c(F)c(F)c(F)c(F)c1F. The molecular formula is C37H35F5N2O5. The maximum Gasteiger partial charge on any atom is 0.257 e. The van der Waals surface area contributed by atoms with Crippen molar-refractivity contribution in [1.82, 2.24) is 10.2 Å². The molecule has 0 saturated carbocycles. The van der Waals surface area contributed by atoms with E-state index in [2.05, 4.69) is 10.2 Å². The normalized spacial score (nSPS) is 21.2. The number of nitrogens with one attached hydrogen (secondary N) is 1. The monoisotopic (exact) mass is 682 g/mol. The van der Waals surface area contributed by atoms with Gasteiger partial charge in [-0.05, 0) is 53.3 Å². The van der Waals surface area contributed by atoms with E-state index in [1.54, 1.807) is 18.2 Å². The van der Waals surface area contributed by atoms with Crippen LogP contribution in [0.2, 0.25) is 0 Å². The van der Waals surface area contributed by atoms with Crippen LogP contribution in [0.1, 0.15) is 64.3 Å². The van der Waals surface area contributed by atoms with Crippen LogP contribution < -0.4 is 5.32 Å². The molecule has 2 aliphatic heterocycles. The van der Waals surface area contributed by atoms with Crippen LogP contribution in [0.3, 0.4) is 0 Å². The maximum atomic E-state index is 14.1. The van der Waals surface area contributed by atoms with Gasteiger partial charge in [-0.15, -0.1) is 0 Å². The fourth-order valence-electron chi connectivity index (χ4n) is 6.41. The van der Waals surface area contributed by atoms with E-state index < -0.39 is 46.8 Å². The highest BCUT2D eigenvalue weighted by atomic mass is 19.2. The van der Waals surface area contributed by atoms with Gasteiger partial charge in [-0.25, -0.2) is 22.0 Å². The Morgan fingerprint density at radius 1 is 0.796 bits per heavy atom. The van der Waals surface area contributed by atoms with E-state index in [1.165, 1.54) is 0 Å². The molecule has 0 aromatic heterocycles. The van der Waals surface area contributed by atoms with Gasteiger partial charge in [0, 0.05) is 31.1 Å². The first kappa shape index (κ1) is 34.7. The number of aliphatic hydroxyl groups is 2. The summed E-state index contributed by atoms with van der Waals surface area (Å²) in [6, 6.07) is 22.2. The van der Waals surface area contributed by atoms with Crippen LogP contribution in [-0.2, 0) is 22.6 Å². The minimum absolute atomic E-state index is 0.0556. The Bertz CT molecular complexity index is 1760. The molecule has 12 heteroatoms. The number of amides is 1. The lowest BCUT2D eigenvalue weighted by Gasteiger charge is -2.38. The zero-order valence-electron chi connectivity index (χ0n) is 26.4. The molecule has 4 aromatic carbocycles. The number of aliphatic hydroxyl groups excluding tert-OH is 2. The predicted molar refractivity (Wildman–Crippen MR) is 169 cm³/mol. The predicted octanol–water partition coefficient (Wildman–Crippen LogP) is 6.47. The average molecular weight is 683 g/mol. The van der Waals surface area contributed by atoms with Crippen molar-refractivity contribution >= 4 is 5.91 Å². The number of ether oxygens (including phenoxy) is 2. The Morgan fingerprint density at radius 2 is 1.47 bits per heavy atom. The second-order valence-corrected chi connectivity index (χ2v) is 12.3. The lowest BCUT2D eigenvalue weighted by atomic mass is 9.98. The van der Waals surface area contributed by atoms with E-state index >= 15 is 0 Å². The van der Waals surface area contributed by atoms with E-state index in [-0.39, 0.29) is 38.0 Å². The van der Waals surface area contributed by atoms with Gasteiger partial charge in [0.25, 0.3) is 5.91 Å². The van der Waals surface area contributed by atoms with Gasteiger partial charge in [0.1, 0.15) is 5.56 Å². The van der Waals surface area contributed by atoms with Gasteiger partial charge in [-0.3, -0.25) is 9.69 Å². The molecule has 7 nitrogen and oxygen atoms in total. The molecule has 0 spiro atoms. The van der Waals surface area contributed by atoms with E-state index in [0.717, 1.165) is 47.2 Å². The number of halogens is 5. The Labute approximate surface area is 279 Å². The number of nitrogens with zero attached hydrogens (tertiary/aromatic N) is 1. The highest BCUT2D eigenvalue weighted by Gasteiger charge is 2.35. The quantitative estimate of drug-likeness (QED) is 0.101. The van der Waals surface area contributed by atoms with Crippen molar-refractivity contribution in [2.24, 2.45) is 0 Å². The van der Waals surface area contributed by atoms with Crippen molar-refractivity contribution in [2.45, 2.75) is 57.0 Å². The Kier molecular flexibility index (Phi) is 10.7. The molecule has 2 fully saturated rings. The van der Waals surface area contributed by atoms with Crippen LogP contribution in [0.4, 0.5) is 22.0 Å². The van der Waals surface area contributed by atoms with E-state index in [9.17, 15) is 37.0 Å². The molecule has 4 atom stereocenters. The van der Waals surface area contributed by atoms with Gasteiger partial charge in [-0.1, -0.05) is 66.7 Å². The molecule has 2 saturated heterocycles. The molecule has 2 heterocycles. The molecule has 0 unspecified atom stereocenters. The highest BCUT2D eigenvalue weighted by Crippen LogP contribution is 2.39. The fourth-order valence-corrected chi connectivity index (χ4v) is 6.41. The molecule has 0 aliphatic carbocycles. The standard InChI is InChI=1S/C37H35F5N2O5/c38-31-30(32(39)34(41)35(42)33(31)40)36(47)43-17-22-3-1-4-26(15-22)23-10-12-25(13-11-23)37-48-28(18-44-14-2-5-27(44)20-46)16-29(49-37)24-8-6-21(19-45)7-9-24/h1,3-4,6-13,15,27-29,37,45-46H,2,5,14,16-20H2,(H,43,47)/t27-,28-,29+,37+/m0/s1. The minimum Gasteiger partial charge on any atom is -0.395 e. The van der Waals surface area contributed by atoms with Crippen LogP contribution in [0.25, 0.3) is 11.1 Å². The molecule has 1 amide bonds. The first-order valence-electron chi connectivity index (χ1n) is 16.0. The van der Waals surface area contributed by atoms with Crippen molar-refractivity contribution in [3.8, 4) is 11.1 Å². The lowest BCUT2D eigenvalue weighted by Crippen LogP contribution is -2.42. The molecule has 6 rings (SSSR count). The number of rotatable bonds is 10. The summed E-state index contributed by atoms with van der Waals surface area (Å²) in [5.41, 5.74) is 3.10. The Hall–Kier alpha value is -4.20. The zero-order chi connectivity index (χ0) is 34.7. The van der Waals surface area contributed by atoms with E-state index in [0.29, 0.717) is 18.5 Å². The number of likely N-dealkylation sites (tertiary alicyclic amines) is 1. The summed E-state index contributed by atoms with van der Waals surface area (Å²) in [7, 11) is 0. The molecule has 2 aliphatic rings. The highest BCUT2D eigenvalue weighted by molar-refractivity contribution is 5.94. The molecule has 3 N–H and O–H groups in total. The topological polar surface area (TPSA) is 91.3 Å². The van der Waals surface area contributed by atoms with Crippen molar-refractivity contribution < 1.29 is 46.4 Å². The van der Waals surface area contributed by atoms with Gasteiger partial charge in [-0.2, -0.15) is 0 Å². The molecule has 0 bridgehead atoms. The first-order chi connectivity index (χ1) is 23.7. The van der Waals surface area contributed by atoms with Crippen LogP contribution in [0, 0.1) is 29.1 Å². The number of hydrogen-bond donors (Lipinski definition) is 3. The number of carbonyl (C=O) groups is 1. The summed E-state index contributed by atoms with van der Waals surface area (Å²) in [5.74, 6) is -12.6. The van der Waals surface area contributed by atoms with Crippen molar-refractivity contribution in [3.63, 3.8) is 0 Å². The van der Waals surface area contributed by atoms with E-state index in [1.807, 2.05) is 54.6 Å². The lowest BCUT2D eigenvalue weighted by molar-refractivity contribution is -0.253. The third-order valence-electron chi connectivity index (χ3n) is 9.10. The largest absolute Gasteiger partial charge is 0.395 e. The van der Waals surface area contributed by atoms with Gasteiger partial charge < -0.3 is 25.0 Å². The number of hydrogen-bond acceptors (Lipinski definition) is 6. The maximum absolute atomic E-state index is 14.1. The fraction of sp³-hybridized carbons (Fsp3) is 0.324. The molecule has 258 valence electrons. The number of carbonyl (C=O) groups excluding carboxylic acids is 1. The summed E-state index contributed by atoms with van der Waals surface area (Å²) in [5, 5.41) is 21.6. The average Bonchev–Trinajstić information content (AvgIpc) is 3.59. The van der Waals surface area contributed by atoms with Crippen LogP contribution >= 0.6 is 0 Å². The van der Waals surface area contributed by atoms with Gasteiger partial charge in [0.05, 0.1) is 25.4 Å². The van der Waals surface area contributed by atoms with Crippen molar-refractivity contribution in [3.05, 3.63) is 130 Å². The molecule has 0 radical (unpaired) electrons. The summed E-state index contributed by atoms with van der Waals surface area (Å²) >= 11 is 0. The molecular weight excluding hydrogens is 647 g/mol. The van der Waals surface area contributed by atoms with Gasteiger partial charge >= 0.3 is 0 Å². The third-order valence-corrected chi connectivity index (χ3v) is 9.10. The number of benzene rings is 4. The molecule has 49 heavy (non-hydrogen) atoms. The van der Waals surface area contributed by atoms with E-state index in [4.69, 9.17) is 9.47 Å². The zero-order valence-corrected chi connectivity index (χ0v) is 26.4. The third kappa shape index (κ3) is 7.53. The smallest absolute Gasteiger partial charge is 0.257 e. The molecule has 4 aromatic rings. The summed E-state index contributed by atoms with van der Waals surface area (Å²) in [4.78, 5) is 14.7. The van der Waals surface area contributed by atoms with Gasteiger partial charge in [0.2, 0.25) is 5.82 Å². The summed E-state index contributed by atoms with van der Waals surface area (Å²) < 4.78 is 81.7. The van der Waals surface area contributed by atoms with Crippen LogP contribution in [0.5, 0.6) is 0 Å². The second-order valence-electron chi connectivity index (χ2n) is 12.3. The van der Waals surface area contributed by atoms with Crippen LogP contribution in [0.15, 0.2) is 72.8 Å². The van der Waals surface area contributed by atoms with Crippen molar-refractivity contribution in [1.29, 1.82) is 0 Å². The Balaban J connectivity index is 1.16. The summed E-state index contributed by atoms with van der Waals surface area (Å²) in [6.45, 7) is 1.35.